The predicted octanol–water partition coefficient (Wildman–Crippen LogP) is 2.66. The minimum atomic E-state index is -0.364. The monoisotopic (exact) mass is 357 g/mol. The van der Waals surface area contributed by atoms with Gasteiger partial charge >= 0.3 is 5.97 Å². The van der Waals surface area contributed by atoms with Gasteiger partial charge in [0.15, 0.2) is 0 Å². The maximum Gasteiger partial charge on any atom is 0.306 e. The van der Waals surface area contributed by atoms with Crippen LogP contribution in [0.3, 0.4) is 0 Å². The molecule has 0 amide bonds. The number of carbonyl (C=O) groups excluding carboxylic acids is 1. The smallest absolute Gasteiger partial charge is 0.306 e. The van der Waals surface area contributed by atoms with Gasteiger partial charge in [-0.2, -0.15) is 0 Å². The summed E-state index contributed by atoms with van der Waals surface area (Å²) in [4.78, 5) is 32.6. The van der Waals surface area contributed by atoms with Gasteiger partial charge in [0.05, 0.1) is 17.3 Å². The molecule has 0 spiro atoms. The fraction of sp³-hybridized carbons (Fsp3) is 0.222. The van der Waals surface area contributed by atoms with Gasteiger partial charge in [-0.05, 0) is 18.2 Å². The number of para-hydroxylation sites is 1. The van der Waals surface area contributed by atoms with Gasteiger partial charge in [0.2, 0.25) is 0 Å². The quantitative estimate of drug-likeness (QED) is 0.518. The van der Waals surface area contributed by atoms with E-state index in [1.807, 2.05) is 6.07 Å². The van der Waals surface area contributed by atoms with Gasteiger partial charge in [0.25, 0.3) is 5.56 Å². The molecule has 0 fully saturated rings. The number of fused-ring (bicyclic) bond motifs is 1. The van der Waals surface area contributed by atoms with Crippen LogP contribution >= 0.6 is 11.6 Å². The Kier molecular flexibility index (Phi) is 5.09. The Bertz CT molecular complexity index is 967. The molecule has 0 saturated heterocycles. The Hall–Kier alpha value is -2.73. The highest BCUT2D eigenvalue weighted by molar-refractivity contribution is 6.29. The van der Waals surface area contributed by atoms with Crippen molar-refractivity contribution >= 4 is 28.5 Å². The van der Waals surface area contributed by atoms with Crippen LogP contribution in [0.1, 0.15) is 17.8 Å². The molecule has 0 aliphatic heterocycles. The molecule has 0 unspecified atom stereocenters. The molecule has 0 atom stereocenters. The van der Waals surface area contributed by atoms with E-state index in [2.05, 4.69) is 9.97 Å². The molecular formula is C18H16ClN3O3. The van der Waals surface area contributed by atoms with Crippen molar-refractivity contribution in [1.29, 1.82) is 0 Å². The van der Waals surface area contributed by atoms with Crippen LogP contribution in [0, 0.1) is 0 Å². The Balaban J connectivity index is 1.64. The summed E-state index contributed by atoms with van der Waals surface area (Å²) in [5.41, 5.74) is 1.26. The molecule has 2 heterocycles. The number of rotatable bonds is 5. The number of esters is 1. The van der Waals surface area contributed by atoms with Crippen LogP contribution in [0.15, 0.2) is 47.4 Å². The molecule has 0 saturated carbocycles. The number of nitrogens with zero attached hydrogens (tertiary/aromatic N) is 3. The molecule has 6 nitrogen and oxygen atoms in total. The largest absolute Gasteiger partial charge is 0.461 e. The highest BCUT2D eigenvalue weighted by Gasteiger charge is 2.11. The number of hydrogen-bond acceptors (Lipinski definition) is 5. The second kappa shape index (κ2) is 7.44. The van der Waals surface area contributed by atoms with Crippen molar-refractivity contribution in [3.63, 3.8) is 0 Å². The van der Waals surface area contributed by atoms with Crippen LogP contribution in [-0.2, 0) is 29.6 Å². The Morgan fingerprint density at radius 1 is 1.24 bits per heavy atom. The molecule has 0 radical (unpaired) electrons. The molecule has 3 aromatic rings. The second-order valence-electron chi connectivity index (χ2n) is 5.56. The number of ether oxygens (including phenoxy) is 1. The summed E-state index contributed by atoms with van der Waals surface area (Å²) in [6.07, 6.45) is 2.03. The first-order chi connectivity index (χ1) is 12.0. The van der Waals surface area contributed by atoms with Crippen molar-refractivity contribution < 1.29 is 9.53 Å². The maximum atomic E-state index is 12.3. The number of pyridine rings is 1. The van der Waals surface area contributed by atoms with E-state index >= 15 is 0 Å². The average molecular weight is 358 g/mol. The van der Waals surface area contributed by atoms with Crippen molar-refractivity contribution in [1.82, 2.24) is 14.5 Å². The minimum absolute atomic E-state index is 0.124. The number of aromatic nitrogens is 3. The van der Waals surface area contributed by atoms with E-state index in [1.165, 1.54) is 4.57 Å². The Labute approximate surface area is 149 Å². The highest BCUT2D eigenvalue weighted by atomic mass is 35.5. The SMILES string of the molecule is Cn1c(CCC(=O)OCc2ccc(Cl)nc2)nc2ccccc2c1=O. The summed E-state index contributed by atoms with van der Waals surface area (Å²) in [5.74, 6) is 0.186. The van der Waals surface area contributed by atoms with Crippen molar-refractivity contribution in [2.45, 2.75) is 19.4 Å². The van der Waals surface area contributed by atoms with E-state index < -0.39 is 0 Å². The number of carbonyl (C=O) groups is 1. The van der Waals surface area contributed by atoms with E-state index in [0.717, 1.165) is 5.56 Å². The second-order valence-corrected chi connectivity index (χ2v) is 5.95. The van der Waals surface area contributed by atoms with E-state index in [4.69, 9.17) is 16.3 Å². The molecule has 0 aliphatic rings. The van der Waals surface area contributed by atoms with E-state index in [1.54, 1.807) is 43.6 Å². The van der Waals surface area contributed by atoms with Gasteiger partial charge in [-0.1, -0.05) is 29.8 Å². The van der Waals surface area contributed by atoms with Gasteiger partial charge in [-0.25, -0.2) is 9.97 Å². The van der Waals surface area contributed by atoms with Gasteiger partial charge in [-0.15, -0.1) is 0 Å². The number of hydrogen-bond donors (Lipinski definition) is 0. The normalized spacial score (nSPS) is 10.8. The van der Waals surface area contributed by atoms with Crippen LogP contribution < -0.4 is 5.56 Å². The van der Waals surface area contributed by atoms with Crippen LogP contribution in [0.25, 0.3) is 10.9 Å². The minimum Gasteiger partial charge on any atom is -0.461 e. The zero-order valence-electron chi connectivity index (χ0n) is 13.6. The van der Waals surface area contributed by atoms with E-state index in [0.29, 0.717) is 28.3 Å². The van der Waals surface area contributed by atoms with E-state index in [9.17, 15) is 9.59 Å². The third kappa shape index (κ3) is 4.03. The van der Waals surface area contributed by atoms with Crippen molar-refractivity contribution in [3.05, 3.63) is 69.5 Å². The number of aryl methyl sites for hydroxylation is 1. The summed E-state index contributed by atoms with van der Waals surface area (Å²) in [5, 5.41) is 0.949. The van der Waals surface area contributed by atoms with Crippen molar-refractivity contribution in [2.24, 2.45) is 7.05 Å². The molecule has 0 N–H and O–H groups in total. The summed E-state index contributed by atoms with van der Waals surface area (Å²) in [6.45, 7) is 0.132. The van der Waals surface area contributed by atoms with Gasteiger partial charge in [-0.3, -0.25) is 14.2 Å². The highest BCUT2D eigenvalue weighted by Crippen LogP contribution is 2.10. The lowest BCUT2D eigenvalue weighted by molar-refractivity contribution is -0.144. The maximum absolute atomic E-state index is 12.3. The fourth-order valence-corrected chi connectivity index (χ4v) is 2.54. The van der Waals surface area contributed by atoms with Crippen LogP contribution in [0.2, 0.25) is 5.15 Å². The number of halogens is 1. The van der Waals surface area contributed by atoms with Gasteiger partial charge in [0, 0.05) is 25.2 Å². The molecule has 3 rings (SSSR count). The zero-order chi connectivity index (χ0) is 17.8. The molecular weight excluding hydrogens is 342 g/mol. The molecule has 25 heavy (non-hydrogen) atoms. The molecule has 128 valence electrons. The Morgan fingerprint density at radius 2 is 2.04 bits per heavy atom. The molecule has 0 aliphatic carbocycles. The molecule has 7 heteroatoms. The average Bonchev–Trinajstić information content (AvgIpc) is 2.63. The molecule has 0 bridgehead atoms. The van der Waals surface area contributed by atoms with Crippen molar-refractivity contribution in [2.75, 3.05) is 0 Å². The van der Waals surface area contributed by atoms with Gasteiger partial charge < -0.3 is 4.74 Å². The lowest BCUT2D eigenvalue weighted by Crippen LogP contribution is -2.23. The number of benzene rings is 1. The lowest BCUT2D eigenvalue weighted by Gasteiger charge is -2.09. The Morgan fingerprint density at radius 3 is 2.80 bits per heavy atom. The summed E-state index contributed by atoms with van der Waals surface area (Å²) < 4.78 is 6.68. The molecule has 2 aromatic heterocycles. The van der Waals surface area contributed by atoms with E-state index in [-0.39, 0.29) is 24.6 Å². The lowest BCUT2D eigenvalue weighted by atomic mass is 10.2. The van der Waals surface area contributed by atoms with Crippen molar-refractivity contribution in [3.8, 4) is 0 Å². The van der Waals surface area contributed by atoms with Gasteiger partial charge in [0.1, 0.15) is 17.6 Å². The van der Waals surface area contributed by atoms with Crippen LogP contribution in [-0.4, -0.2) is 20.5 Å². The predicted molar refractivity (Wildman–Crippen MR) is 94.3 cm³/mol. The van der Waals surface area contributed by atoms with Crippen LogP contribution in [0.5, 0.6) is 0 Å². The first-order valence-corrected chi connectivity index (χ1v) is 8.13. The molecule has 1 aromatic carbocycles. The summed E-state index contributed by atoms with van der Waals surface area (Å²) in [7, 11) is 1.65. The first kappa shape index (κ1) is 17.1. The third-order valence-corrected chi connectivity index (χ3v) is 4.04. The summed E-state index contributed by atoms with van der Waals surface area (Å²) in [6, 6.07) is 10.5. The third-order valence-electron chi connectivity index (χ3n) is 3.82. The first-order valence-electron chi connectivity index (χ1n) is 7.75. The zero-order valence-corrected chi connectivity index (χ0v) is 14.4. The summed E-state index contributed by atoms with van der Waals surface area (Å²) >= 11 is 5.71. The standard InChI is InChI=1S/C18H16ClN3O3/c1-22-16(21-14-5-3-2-4-13(14)18(22)24)8-9-17(23)25-11-12-6-7-15(19)20-10-12/h2-7,10H,8-9,11H2,1H3. The topological polar surface area (TPSA) is 74.1 Å². The van der Waals surface area contributed by atoms with Crippen LogP contribution in [0.4, 0.5) is 0 Å². The fourth-order valence-electron chi connectivity index (χ4n) is 2.43.